The zero-order chi connectivity index (χ0) is 18.9. The molecule has 0 unspecified atom stereocenters. The van der Waals surface area contributed by atoms with Gasteiger partial charge in [0.2, 0.25) is 11.7 Å². The SMILES string of the molecule is COc1ccc(OC)c(C(=O)COC(=O)[C@@H]2CS[C@@]3(C)CCC(=O)N23)c1. The molecule has 1 amide bonds. The van der Waals surface area contributed by atoms with Crippen molar-refractivity contribution >= 4 is 29.4 Å². The summed E-state index contributed by atoms with van der Waals surface area (Å²) in [6.07, 6.45) is 1.16. The third-order valence-electron chi connectivity index (χ3n) is 4.77. The summed E-state index contributed by atoms with van der Waals surface area (Å²) >= 11 is 1.58. The second kappa shape index (κ2) is 7.19. The Morgan fingerprint density at radius 1 is 1.31 bits per heavy atom. The predicted molar refractivity (Wildman–Crippen MR) is 95.6 cm³/mol. The fourth-order valence-corrected chi connectivity index (χ4v) is 4.75. The maximum Gasteiger partial charge on any atom is 0.330 e. The van der Waals surface area contributed by atoms with Gasteiger partial charge in [-0.2, -0.15) is 0 Å². The van der Waals surface area contributed by atoms with Gasteiger partial charge in [0.25, 0.3) is 0 Å². The number of ether oxygens (including phenoxy) is 3. The molecule has 0 spiro atoms. The van der Waals surface area contributed by atoms with Crippen molar-refractivity contribution in [3.05, 3.63) is 23.8 Å². The highest BCUT2D eigenvalue weighted by molar-refractivity contribution is 8.01. The van der Waals surface area contributed by atoms with Crippen LogP contribution >= 0.6 is 11.8 Å². The molecule has 2 saturated heterocycles. The number of methoxy groups -OCH3 is 2. The second-order valence-corrected chi connectivity index (χ2v) is 7.86. The lowest BCUT2D eigenvalue weighted by Crippen LogP contribution is -2.46. The number of thioether (sulfide) groups is 1. The summed E-state index contributed by atoms with van der Waals surface area (Å²) in [5, 5.41) is 0. The molecule has 3 rings (SSSR count). The van der Waals surface area contributed by atoms with E-state index in [0.717, 1.165) is 6.42 Å². The highest BCUT2D eigenvalue weighted by Crippen LogP contribution is 2.47. The number of rotatable bonds is 6. The Morgan fingerprint density at radius 2 is 2.08 bits per heavy atom. The highest BCUT2D eigenvalue weighted by atomic mass is 32.2. The Hall–Kier alpha value is -2.22. The van der Waals surface area contributed by atoms with E-state index in [1.807, 2.05) is 6.92 Å². The molecule has 1 aromatic carbocycles. The van der Waals surface area contributed by atoms with E-state index in [0.29, 0.717) is 23.7 Å². The topological polar surface area (TPSA) is 82.1 Å². The summed E-state index contributed by atoms with van der Waals surface area (Å²) in [7, 11) is 2.96. The molecule has 26 heavy (non-hydrogen) atoms. The van der Waals surface area contributed by atoms with E-state index in [9.17, 15) is 14.4 Å². The number of benzene rings is 1. The van der Waals surface area contributed by atoms with Crippen molar-refractivity contribution in [2.45, 2.75) is 30.7 Å². The standard InChI is InChI=1S/C18H21NO6S/c1-18-7-6-16(21)19(18)13(10-26-18)17(22)25-9-14(20)12-8-11(23-2)4-5-15(12)24-3/h4-5,8,13H,6-7,9-10H2,1-3H3/t13-,18-/m0/s1. The quantitative estimate of drug-likeness (QED) is 0.551. The third-order valence-corrected chi connectivity index (χ3v) is 6.27. The first-order valence-corrected chi connectivity index (χ1v) is 9.26. The zero-order valence-electron chi connectivity index (χ0n) is 14.9. The van der Waals surface area contributed by atoms with Crippen molar-refractivity contribution < 1.29 is 28.6 Å². The van der Waals surface area contributed by atoms with E-state index in [1.165, 1.54) is 14.2 Å². The average molecular weight is 379 g/mol. The van der Waals surface area contributed by atoms with Crippen LogP contribution in [0.5, 0.6) is 11.5 Å². The number of ketones is 1. The fraction of sp³-hybridized carbons (Fsp3) is 0.500. The number of hydrogen-bond acceptors (Lipinski definition) is 7. The van der Waals surface area contributed by atoms with Gasteiger partial charge in [-0.1, -0.05) is 0 Å². The van der Waals surface area contributed by atoms with Crippen LogP contribution in [0.3, 0.4) is 0 Å². The van der Waals surface area contributed by atoms with Gasteiger partial charge in [0.1, 0.15) is 17.5 Å². The summed E-state index contributed by atoms with van der Waals surface area (Å²) in [5.41, 5.74) is 0.280. The van der Waals surface area contributed by atoms with Crippen molar-refractivity contribution in [3.63, 3.8) is 0 Å². The molecule has 2 heterocycles. The molecule has 2 atom stereocenters. The van der Waals surface area contributed by atoms with E-state index in [-0.39, 0.29) is 16.3 Å². The molecule has 0 aliphatic carbocycles. The van der Waals surface area contributed by atoms with E-state index in [4.69, 9.17) is 14.2 Å². The van der Waals surface area contributed by atoms with Crippen LogP contribution in [0.2, 0.25) is 0 Å². The molecule has 8 heteroatoms. The van der Waals surface area contributed by atoms with E-state index in [1.54, 1.807) is 34.9 Å². The van der Waals surface area contributed by atoms with Gasteiger partial charge in [-0.05, 0) is 31.5 Å². The molecule has 2 aliphatic rings. The lowest BCUT2D eigenvalue weighted by molar-refractivity contribution is -0.152. The van der Waals surface area contributed by atoms with Gasteiger partial charge in [0.05, 0.1) is 24.7 Å². The Morgan fingerprint density at radius 3 is 2.77 bits per heavy atom. The molecule has 7 nitrogen and oxygen atoms in total. The van der Waals surface area contributed by atoms with Crippen LogP contribution < -0.4 is 9.47 Å². The minimum Gasteiger partial charge on any atom is -0.497 e. The van der Waals surface area contributed by atoms with Gasteiger partial charge in [-0.25, -0.2) is 4.79 Å². The van der Waals surface area contributed by atoms with Crippen LogP contribution in [0.4, 0.5) is 0 Å². The average Bonchev–Trinajstić information content (AvgIpc) is 3.14. The van der Waals surface area contributed by atoms with Crippen molar-refractivity contribution in [2.24, 2.45) is 0 Å². The van der Waals surface area contributed by atoms with Crippen LogP contribution in [0.25, 0.3) is 0 Å². The number of esters is 1. The van der Waals surface area contributed by atoms with Gasteiger partial charge < -0.3 is 19.1 Å². The first kappa shape index (κ1) is 18.6. The van der Waals surface area contributed by atoms with Crippen LogP contribution in [0, 0.1) is 0 Å². The Balaban J connectivity index is 1.67. The molecule has 1 aromatic rings. The van der Waals surface area contributed by atoms with Crippen molar-refractivity contribution in [2.75, 3.05) is 26.6 Å². The summed E-state index contributed by atoms with van der Waals surface area (Å²) in [6, 6.07) is 4.20. The Bertz CT molecular complexity index is 751. The zero-order valence-corrected chi connectivity index (χ0v) is 15.8. The van der Waals surface area contributed by atoms with Gasteiger partial charge in [0.15, 0.2) is 6.61 Å². The lowest BCUT2D eigenvalue weighted by Gasteiger charge is -2.29. The number of amides is 1. The maximum absolute atomic E-state index is 12.5. The van der Waals surface area contributed by atoms with Crippen LogP contribution in [-0.4, -0.2) is 60.1 Å². The Kier molecular flexibility index (Phi) is 5.13. The van der Waals surface area contributed by atoms with Gasteiger partial charge in [0, 0.05) is 12.2 Å². The summed E-state index contributed by atoms with van der Waals surface area (Å²) in [5.74, 6) is 0.386. The monoisotopic (exact) mass is 379 g/mol. The summed E-state index contributed by atoms with van der Waals surface area (Å²) in [6.45, 7) is 1.55. The van der Waals surface area contributed by atoms with Crippen LogP contribution in [0.15, 0.2) is 18.2 Å². The molecule has 2 aliphatic heterocycles. The number of carbonyl (C=O) groups excluding carboxylic acids is 3. The van der Waals surface area contributed by atoms with Gasteiger partial charge in [-0.3, -0.25) is 9.59 Å². The number of fused-ring (bicyclic) bond motifs is 1. The van der Waals surface area contributed by atoms with Crippen molar-refractivity contribution in [1.82, 2.24) is 4.90 Å². The molecule has 0 bridgehead atoms. The Labute approximate surface area is 156 Å². The minimum atomic E-state index is -0.639. The van der Waals surface area contributed by atoms with E-state index >= 15 is 0 Å². The maximum atomic E-state index is 12.5. The highest BCUT2D eigenvalue weighted by Gasteiger charge is 2.53. The first-order valence-electron chi connectivity index (χ1n) is 8.27. The normalized spacial score (nSPS) is 24.3. The van der Waals surface area contributed by atoms with Gasteiger partial charge >= 0.3 is 5.97 Å². The smallest absolute Gasteiger partial charge is 0.330 e. The number of hydrogen-bond donors (Lipinski definition) is 0. The van der Waals surface area contributed by atoms with Crippen molar-refractivity contribution in [3.8, 4) is 11.5 Å². The third kappa shape index (κ3) is 3.25. The largest absolute Gasteiger partial charge is 0.497 e. The minimum absolute atomic E-state index is 0.0414. The molecule has 140 valence electrons. The molecule has 0 N–H and O–H groups in total. The predicted octanol–water partition coefficient (Wildman–Crippen LogP) is 1.88. The number of nitrogens with zero attached hydrogens (tertiary/aromatic N) is 1. The number of Topliss-reactive ketones (excluding diaryl/α,β-unsaturated/α-hetero) is 1. The van der Waals surface area contributed by atoms with Crippen molar-refractivity contribution in [1.29, 1.82) is 0 Å². The second-order valence-electron chi connectivity index (χ2n) is 6.36. The molecule has 0 radical (unpaired) electrons. The lowest BCUT2D eigenvalue weighted by atomic mass is 10.1. The van der Waals surface area contributed by atoms with E-state index in [2.05, 4.69) is 0 Å². The van der Waals surface area contributed by atoms with E-state index < -0.39 is 24.4 Å². The molecular formula is C18H21NO6S. The van der Waals surface area contributed by atoms with Gasteiger partial charge in [-0.15, -0.1) is 11.8 Å². The first-order chi connectivity index (χ1) is 12.4. The molecule has 2 fully saturated rings. The van der Waals surface area contributed by atoms with Crippen LogP contribution in [-0.2, 0) is 14.3 Å². The van der Waals surface area contributed by atoms with Crippen LogP contribution in [0.1, 0.15) is 30.1 Å². The summed E-state index contributed by atoms with van der Waals surface area (Å²) in [4.78, 5) is 38.3. The summed E-state index contributed by atoms with van der Waals surface area (Å²) < 4.78 is 15.5. The fourth-order valence-electron chi connectivity index (χ4n) is 3.34. The number of carbonyl (C=O) groups is 3. The molecule has 0 saturated carbocycles. The molecule has 0 aromatic heterocycles. The molecular weight excluding hydrogens is 358 g/mol.